The second kappa shape index (κ2) is 7.39. The molecule has 20 heavy (non-hydrogen) atoms. The van der Waals surface area contributed by atoms with Gasteiger partial charge in [0.25, 0.3) is 5.69 Å². The highest BCUT2D eigenvalue weighted by Gasteiger charge is 2.15. The van der Waals surface area contributed by atoms with Gasteiger partial charge in [-0.1, -0.05) is 0 Å². The van der Waals surface area contributed by atoms with E-state index in [4.69, 9.17) is 4.74 Å². The number of hydrogen-bond donors (Lipinski definition) is 2. The first-order valence-corrected chi connectivity index (χ1v) is 5.92. The van der Waals surface area contributed by atoms with Crippen LogP contribution in [0.4, 0.5) is 15.8 Å². The molecule has 2 N–H and O–H groups in total. The number of methoxy groups -OCH3 is 1. The number of halogens is 1. The molecule has 0 saturated heterocycles. The predicted octanol–water partition coefficient (Wildman–Crippen LogP) is 1.30. The number of benzene rings is 1. The molecule has 8 heteroatoms. The van der Waals surface area contributed by atoms with Crippen LogP contribution in [-0.2, 0) is 9.53 Å². The number of anilines is 1. The van der Waals surface area contributed by atoms with Crippen LogP contribution in [0, 0.1) is 15.9 Å². The van der Waals surface area contributed by atoms with Crippen molar-refractivity contribution in [3.63, 3.8) is 0 Å². The molecule has 1 amide bonds. The van der Waals surface area contributed by atoms with Crippen LogP contribution in [0.3, 0.4) is 0 Å². The molecule has 1 atom stereocenters. The Morgan fingerprint density at radius 1 is 1.50 bits per heavy atom. The normalized spacial score (nSPS) is 11.8. The van der Waals surface area contributed by atoms with Crippen molar-refractivity contribution in [3.05, 3.63) is 34.1 Å². The topological polar surface area (TPSA) is 93.5 Å². The van der Waals surface area contributed by atoms with E-state index in [0.29, 0.717) is 13.2 Å². The zero-order valence-electron chi connectivity index (χ0n) is 11.2. The molecule has 0 bridgehead atoms. The molecular formula is C12H16FN3O4. The van der Waals surface area contributed by atoms with E-state index < -0.39 is 16.8 Å². The van der Waals surface area contributed by atoms with Crippen LogP contribution in [0.15, 0.2) is 18.2 Å². The van der Waals surface area contributed by atoms with Gasteiger partial charge in [0.1, 0.15) is 11.9 Å². The Kier molecular flexibility index (Phi) is 5.85. The molecule has 0 spiro atoms. The van der Waals surface area contributed by atoms with Gasteiger partial charge in [-0.3, -0.25) is 14.9 Å². The molecule has 1 aromatic carbocycles. The van der Waals surface area contributed by atoms with Gasteiger partial charge < -0.3 is 15.4 Å². The molecule has 0 aliphatic carbocycles. The maximum atomic E-state index is 13.2. The third-order valence-corrected chi connectivity index (χ3v) is 2.48. The highest BCUT2D eigenvalue weighted by molar-refractivity contribution is 5.84. The van der Waals surface area contributed by atoms with E-state index in [1.165, 1.54) is 13.2 Å². The van der Waals surface area contributed by atoms with Gasteiger partial charge in [-0.05, 0) is 13.0 Å². The minimum Gasteiger partial charge on any atom is -0.383 e. The first-order chi connectivity index (χ1) is 9.43. The van der Waals surface area contributed by atoms with Crippen LogP contribution >= 0.6 is 0 Å². The maximum Gasteiger partial charge on any atom is 0.274 e. The molecule has 7 nitrogen and oxygen atoms in total. The largest absolute Gasteiger partial charge is 0.383 e. The Morgan fingerprint density at radius 3 is 2.80 bits per heavy atom. The SMILES string of the molecule is COCCNC(=O)C(C)Nc1cc(F)cc([N+](=O)[O-])c1. The summed E-state index contributed by atoms with van der Waals surface area (Å²) in [5.41, 5.74) is -0.203. The lowest BCUT2D eigenvalue weighted by atomic mass is 10.2. The molecule has 0 saturated carbocycles. The molecule has 0 aliphatic rings. The van der Waals surface area contributed by atoms with Crippen LogP contribution in [0.2, 0.25) is 0 Å². The van der Waals surface area contributed by atoms with Crippen molar-refractivity contribution < 1.29 is 18.8 Å². The Balaban J connectivity index is 2.67. The molecule has 1 unspecified atom stereocenters. The summed E-state index contributed by atoms with van der Waals surface area (Å²) < 4.78 is 18.0. The highest BCUT2D eigenvalue weighted by atomic mass is 19.1. The second-order valence-electron chi connectivity index (χ2n) is 4.11. The number of nitrogens with one attached hydrogen (secondary N) is 2. The van der Waals surface area contributed by atoms with Crippen LogP contribution < -0.4 is 10.6 Å². The van der Waals surface area contributed by atoms with Crippen LogP contribution in [0.1, 0.15) is 6.92 Å². The standard InChI is InChI=1S/C12H16FN3O4/c1-8(12(17)14-3-4-20-2)15-10-5-9(13)6-11(7-10)16(18)19/h5-8,15H,3-4H2,1-2H3,(H,14,17). The fraction of sp³-hybridized carbons (Fsp3) is 0.417. The number of non-ortho nitro benzene ring substituents is 1. The van der Waals surface area contributed by atoms with E-state index in [0.717, 1.165) is 12.1 Å². The monoisotopic (exact) mass is 285 g/mol. The van der Waals surface area contributed by atoms with Gasteiger partial charge in [0, 0.05) is 25.4 Å². The second-order valence-corrected chi connectivity index (χ2v) is 4.11. The van der Waals surface area contributed by atoms with E-state index in [1.807, 2.05) is 0 Å². The van der Waals surface area contributed by atoms with Gasteiger partial charge in [0.05, 0.1) is 17.6 Å². The number of amides is 1. The Labute approximate surface area is 115 Å². The minimum absolute atomic E-state index is 0.172. The molecular weight excluding hydrogens is 269 g/mol. The van der Waals surface area contributed by atoms with E-state index in [1.54, 1.807) is 6.92 Å². The first kappa shape index (κ1) is 15.8. The zero-order chi connectivity index (χ0) is 15.1. The summed E-state index contributed by atoms with van der Waals surface area (Å²) in [6.45, 7) is 2.30. The van der Waals surface area contributed by atoms with E-state index in [9.17, 15) is 19.3 Å². The molecule has 0 radical (unpaired) electrons. The van der Waals surface area contributed by atoms with Crippen molar-refractivity contribution in [1.29, 1.82) is 0 Å². The fourth-order valence-corrected chi connectivity index (χ4v) is 1.51. The minimum atomic E-state index is -0.742. The van der Waals surface area contributed by atoms with Crippen molar-refractivity contribution >= 4 is 17.3 Å². The Bertz CT molecular complexity index is 496. The van der Waals surface area contributed by atoms with Crippen molar-refractivity contribution in [3.8, 4) is 0 Å². The molecule has 0 fully saturated rings. The number of nitrogens with zero attached hydrogens (tertiary/aromatic N) is 1. The number of carbonyl (C=O) groups is 1. The van der Waals surface area contributed by atoms with E-state index in [-0.39, 0.29) is 17.3 Å². The Hall–Kier alpha value is -2.22. The highest BCUT2D eigenvalue weighted by Crippen LogP contribution is 2.20. The number of hydrogen-bond acceptors (Lipinski definition) is 5. The van der Waals surface area contributed by atoms with Gasteiger partial charge in [-0.15, -0.1) is 0 Å². The molecule has 110 valence electrons. The van der Waals surface area contributed by atoms with Gasteiger partial charge in [-0.2, -0.15) is 0 Å². The average molecular weight is 285 g/mol. The van der Waals surface area contributed by atoms with Crippen molar-refractivity contribution in [2.45, 2.75) is 13.0 Å². The van der Waals surface area contributed by atoms with Gasteiger partial charge in [-0.25, -0.2) is 4.39 Å². The molecule has 0 heterocycles. The van der Waals surface area contributed by atoms with Crippen molar-refractivity contribution in [1.82, 2.24) is 5.32 Å². The number of carbonyl (C=O) groups excluding carboxylic acids is 1. The van der Waals surface area contributed by atoms with Crippen LogP contribution in [0.5, 0.6) is 0 Å². The van der Waals surface area contributed by atoms with E-state index >= 15 is 0 Å². The summed E-state index contributed by atoms with van der Waals surface area (Å²) in [4.78, 5) is 21.6. The maximum absolute atomic E-state index is 13.2. The predicted molar refractivity (Wildman–Crippen MR) is 71.0 cm³/mol. The summed E-state index contributed by atoms with van der Waals surface area (Å²) in [5, 5.41) is 15.9. The first-order valence-electron chi connectivity index (χ1n) is 5.92. The summed E-state index contributed by atoms with van der Waals surface area (Å²) in [6.07, 6.45) is 0. The van der Waals surface area contributed by atoms with Gasteiger partial charge >= 0.3 is 0 Å². The summed E-state index contributed by atoms with van der Waals surface area (Å²) in [5.74, 6) is -1.05. The molecule has 0 aliphatic heterocycles. The van der Waals surface area contributed by atoms with E-state index in [2.05, 4.69) is 10.6 Å². The molecule has 1 rings (SSSR count). The average Bonchev–Trinajstić information content (AvgIpc) is 2.38. The Morgan fingerprint density at radius 2 is 2.20 bits per heavy atom. The van der Waals surface area contributed by atoms with Crippen molar-refractivity contribution in [2.24, 2.45) is 0 Å². The smallest absolute Gasteiger partial charge is 0.274 e. The summed E-state index contributed by atoms with van der Waals surface area (Å²) in [7, 11) is 1.51. The fourth-order valence-electron chi connectivity index (χ4n) is 1.51. The zero-order valence-corrected chi connectivity index (χ0v) is 11.2. The van der Waals surface area contributed by atoms with Crippen LogP contribution in [-0.4, -0.2) is 37.1 Å². The number of nitro benzene ring substituents is 1. The lowest BCUT2D eigenvalue weighted by Gasteiger charge is -2.15. The van der Waals surface area contributed by atoms with Gasteiger partial charge in [0.15, 0.2) is 0 Å². The molecule has 0 aromatic heterocycles. The lowest BCUT2D eigenvalue weighted by molar-refractivity contribution is -0.385. The van der Waals surface area contributed by atoms with Crippen molar-refractivity contribution in [2.75, 3.05) is 25.6 Å². The summed E-state index contributed by atoms with van der Waals surface area (Å²) >= 11 is 0. The third-order valence-electron chi connectivity index (χ3n) is 2.48. The quantitative estimate of drug-likeness (QED) is 0.447. The molecule has 1 aromatic rings. The summed E-state index contributed by atoms with van der Waals surface area (Å²) in [6, 6.07) is 2.41. The van der Waals surface area contributed by atoms with Crippen LogP contribution in [0.25, 0.3) is 0 Å². The van der Waals surface area contributed by atoms with Gasteiger partial charge in [0.2, 0.25) is 5.91 Å². The lowest BCUT2D eigenvalue weighted by Crippen LogP contribution is -2.39. The number of rotatable bonds is 7. The third kappa shape index (κ3) is 4.81. The number of nitro groups is 1. The number of ether oxygens (including phenoxy) is 1.